The first-order valence-corrected chi connectivity index (χ1v) is 5.82. The third-order valence-electron chi connectivity index (χ3n) is 2.43. The maximum atomic E-state index is 11.6. The molecule has 0 aliphatic rings. The molecule has 1 aromatic rings. The smallest absolute Gasteiger partial charge is 0.254 e. The Labute approximate surface area is 101 Å². The van der Waals surface area contributed by atoms with Crippen molar-refractivity contribution in [3.05, 3.63) is 23.7 Å². The number of methoxy groups -OCH3 is 1. The third-order valence-corrected chi connectivity index (χ3v) is 2.43. The van der Waals surface area contributed by atoms with Crippen LogP contribution in [0.5, 0.6) is 0 Å². The maximum absolute atomic E-state index is 11.6. The van der Waals surface area contributed by atoms with Crippen LogP contribution in [0.3, 0.4) is 0 Å². The number of furan rings is 1. The number of amides is 1. The SMILES string of the molecule is COCCCCCNC(=O)c1coc(CN)c1. The van der Waals surface area contributed by atoms with Crippen LogP contribution in [-0.2, 0) is 11.3 Å². The van der Waals surface area contributed by atoms with E-state index < -0.39 is 0 Å². The van der Waals surface area contributed by atoms with Crippen molar-refractivity contribution in [2.45, 2.75) is 25.8 Å². The minimum atomic E-state index is -0.111. The van der Waals surface area contributed by atoms with Gasteiger partial charge in [-0.3, -0.25) is 4.79 Å². The van der Waals surface area contributed by atoms with Crippen molar-refractivity contribution in [3.8, 4) is 0 Å². The van der Waals surface area contributed by atoms with Gasteiger partial charge in [0.1, 0.15) is 12.0 Å². The summed E-state index contributed by atoms with van der Waals surface area (Å²) in [6.07, 6.45) is 4.46. The summed E-state index contributed by atoms with van der Waals surface area (Å²) in [7, 11) is 1.69. The quantitative estimate of drug-likeness (QED) is 0.671. The molecular weight excluding hydrogens is 220 g/mol. The van der Waals surface area contributed by atoms with E-state index in [1.54, 1.807) is 13.2 Å². The van der Waals surface area contributed by atoms with Crippen molar-refractivity contribution in [1.82, 2.24) is 5.32 Å². The molecule has 0 aliphatic heterocycles. The summed E-state index contributed by atoms with van der Waals surface area (Å²) in [6, 6.07) is 1.67. The molecule has 1 aromatic heterocycles. The van der Waals surface area contributed by atoms with Crippen molar-refractivity contribution in [3.63, 3.8) is 0 Å². The highest BCUT2D eigenvalue weighted by molar-refractivity contribution is 5.93. The van der Waals surface area contributed by atoms with Crippen LogP contribution in [0.4, 0.5) is 0 Å². The topological polar surface area (TPSA) is 77.5 Å². The molecular formula is C12H20N2O3. The minimum Gasteiger partial charge on any atom is -0.467 e. The summed E-state index contributed by atoms with van der Waals surface area (Å²) in [6.45, 7) is 1.76. The zero-order valence-electron chi connectivity index (χ0n) is 10.2. The highest BCUT2D eigenvalue weighted by Crippen LogP contribution is 2.06. The van der Waals surface area contributed by atoms with Crippen LogP contribution in [-0.4, -0.2) is 26.2 Å². The molecule has 0 aliphatic carbocycles. The first-order valence-electron chi connectivity index (χ1n) is 5.82. The lowest BCUT2D eigenvalue weighted by Gasteiger charge is -2.03. The Morgan fingerprint density at radius 1 is 1.47 bits per heavy atom. The maximum Gasteiger partial charge on any atom is 0.254 e. The number of carbonyl (C=O) groups is 1. The van der Waals surface area contributed by atoms with E-state index in [1.807, 2.05) is 0 Å². The second kappa shape index (κ2) is 7.86. The van der Waals surface area contributed by atoms with Gasteiger partial charge >= 0.3 is 0 Å². The Hall–Kier alpha value is -1.33. The van der Waals surface area contributed by atoms with Crippen LogP contribution >= 0.6 is 0 Å². The lowest BCUT2D eigenvalue weighted by molar-refractivity contribution is 0.0952. The molecule has 5 nitrogen and oxygen atoms in total. The van der Waals surface area contributed by atoms with Gasteiger partial charge in [-0.25, -0.2) is 0 Å². The van der Waals surface area contributed by atoms with E-state index in [0.29, 0.717) is 24.4 Å². The number of nitrogens with one attached hydrogen (secondary N) is 1. The van der Waals surface area contributed by atoms with Gasteiger partial charge in [0.15, 0.2) is 0 Å². The second-order valence-electron chi connectivity index (χ2n) is 3.82. The second-order valence-corrected chi connectivity index (χ2v) is 3.82. The van der Waals surface area contributed by atoms with Gasteiger partial charge in [0.2, 0.25) is 0 Å². The molecule has 0 spiro atoms. The van der Waals surface area contributed by atoms with Gasteiger partial charge in [-0.05, 0) is 25.3 Å². The Morgan fingerprint density at radius 3 is 2.94 bits per heavy atom. The van der Waals surface area contributed by atoms with E-state index in [0.717, 1.165) is 25.9 Å². The largest absolute Gasteiger partial charge is 0.467 e. The summed E-state index contributed by atoms with van der Waals surface area (Å²) in [5.41, 5.74) is 5.92. The molecule has 0 bridgehead atoms. The summed E-state index contributed by atoms with van der Waals surface area (Å²) in [5, 5.41) is 2.83. The molecule has 0 radical (unpaired) electrons. The molecule has 0 aromatic carbocycles. The van der Waals surface area contributed by atoms with Crippen molar-refractivity contribution in [2.24, 2.45) is 5.73 Å². The van der Waals surface area contributed by atoms with Crippen LogP contribution in [0.15, 0.2) is 16.7 Å². The fraction of sp³-hybridized carbons (Fsp3) is 0.583. The van der Waals surface area contributed by atoms with Gasteiger partial charge in [-0.2, -0.15) is 0 Å². The normalized spacial score (nSPS) is 10.5. The van der Waals surface area contributed by atoms with E-state index >= 15 is 0 Å². The van der Waals surface area contributed by atoms with Crippen LogP contribution in [0.2, 0.25) is 0 Å². The summed E-state index contributed by atoms with van der Waals surface area (Å²) >= 11 is 0. The van der Waals surface area contributed by atoms with E-state index in [9.17, 15) is 4.79 Å². The average molecular weight is 240 g/mol. The zero-order valence-corrected chi connectivity index (χ0v) is 10.2. The standard InChI is InChI=1S/C12H20N2O3/c1-16-6-4-2-3-5-14-12(15)10-7-11(8-13)17-9-10/h7,9H,2-6,8,13H2,1H3,(H,14,15). The van der Waals surface area contributed by atoms with E-state index in [4.69, 9.17) is 14.9 Å². The van der Waals surface area contributed by atoms with Crippen molar-refractivity contribution in [2.75, 3.05) is 20.3 Å². The molecule has 0 atom stereocenters. The van der Waals surface area contributed by atoms with Crippen molar-refractivity contribution in [1.29, 1.82) is 0 Å². The molecule has 1 amide bonds. The van der Waals surface area contributed by atoms with E-state index in [-0.39, 0.29) is 5.91 Å². The molecule has 0 unspecified atom stereocenters. The van der Waals surface area contributed by atoms with Gasteiger partial charge in [0.25, 0.3) is 5.91 Å². The van der Waals surface area contributed by atoms with E-state index in [2.05, 4.69) is 5.32 Å². The number of rotatable bonds is 8. The number of ether oxygens (including phenoxy) is 1. The molecule has 0 fully saturated rings. The summed E-state index contributed by atoms with van der Waals surface area (Å²) in [5.74, 6) is 0.510. The first-order chi connectivity index (χ1) is 8.27. The van der Waals surface area contributed by atoms with Gasteiger partial charge in [0.05, 0.1) is 12.1 Å². The third kappa shape index (κ3) is 5.01. The highest BCUT2D eigenvalue weighted by atomic mass is 16.5. The Kier molecular flexibility index (Phi) is 6.35. The number of hydrogen-bond donors (Lipinski definition) is 2. The van der Waals surface area contributed by atoms with Crippen LogP contribution in [0.25, 0.3) is 0 Å². The summed E-state index contributed by atoms with van der Waals surface area (Å²) < 4.78 is 10.0. The molecule has 1 rings (SSSR count). The highest BCUT2D eigenvalue weighted by Gasteiger charge is 2.08. The molecule has 5 heteroatoms. The predicted molar refractivity (Wildman–Crippen MR) is 64.7 cm³/mol. The average Bonchev–Trinajstić information content (AvgIpc) is 2.82. The molecule has 0 saturated carbocycles. The molecule has 3 N–H and O–H groups in total. The van der Waals surface area contributed by atoms with Crippen LogP contribution < -0.4 is 11.1 Å². The number of hydrogen-bond acceptors (Lipinski definition) is 4. The van der Waals surface area contributed by atoms with Gasteiger partial charge in [-0.1, -0.05) is 0 Å². The lowest BCUT2D eigenvalue weighted by atomic mass is 10.2. The summed E-state index contributed by atoms with van der Waals surface area (Å²) in [4.78, 5) is 11.6. The van der Waals surface area contributed by atoms with Crippen molar-refractivity contribution < 1.29 is 13.9 Å². The predicted octanol–water partition coefficient (Wildman–Crippen LogP) is 1.28. The van der Waals surface area contributed by atoms with Crippen molar-refractivity contribution >= 4 is 5.91 Å². The lowest BCUT2D eigenvalue weighted by Crippen LogP contribution is -2.24. The Morgan fingerprint density at radius 2 is 2.29 bits per heavy atom. The van der Waals surface area contributed by atoms with Gasteiger partial charge in [-0.15, -0.1) is 0 Å². The number of nitrogens with two attached hydrogens (primary N) is 1. The molecule has 1 heterocycles. The van der Waals surface area contributed by atoms with Crippen LogP contribution in [0, 0.1) is 0 Å². The Bertz CT molecular complexity index is 336. The number of unbranched alkanes of at least 4 members (excludes halogenated alkanes) is 2. The van der Waals surface area contributed by atoms with Crippen LogP contribution in [0.1, 0.15) is 35.4 Å². The fourth-order valence-electron chi connectivity index (χ4n) is 1.46. The van der Waals surface area contributed by atoms with Gasteiger partial charge < -0.3 is 20.2 Å². The van der Waals surface area contributed by atoms with Gasteiger partial charge in [0, 0.05) is 20.3 Å². The fourth-order valence-corrected chi connectivity index (χ4v) is 1.46. The molecule has 17 heavy (non-hydrogen) atoms. The minimum absolute atomic E-state index is 0.111. The number of carbonyl (C=O) groups excluding carboxylic acids is 1. The first kappa shape index (κ1) is 13.7. The zero-order chi connectivity index (χ0) is 12.5. The van der Waals surface area contributed by atoms with E-state index in [1.165, 1.54) is 6.26 Å². The molecule has 0 saturated heterocycles. The Balaban J connectivity index is 2.16. The monoisotopic (exact) mass is 240 g/mol. The molecule has 96 valence electrons.